The van der Waals surface area contributed by atoms with Crippen LogP contribution in [0.25, 0.3) is 0 Å². The van der Waals surface area contributed by atoms with Crippen LogP contribution in [0.15, 0.2) is 0 Å². The van der Waals surface area contributed by atoms with E-state index in [-0.39, 0.29) is 6.03 Å². The van der Waals surface area contributed by atoms with E-state index in [0.717, 1.165) is 32.2 Å². The van der Waals surface area contributed by atoms with Crippen molar-refractivity contribution in [1.82, 2.24) is 10.6 Å². The van der Waals surface area contributed by atoms with Crippen molar-refractivity contribution in [1.29, 1.82) is 0 Å². The Morgan fingerprint density at radius 2 is 1.94 bits per heavy atom. The third kappa shape index (κ3) is 3.37. The molecule has 0 aromatic heterocycles. The summed E-state index contributed by atoms with van der Waals surface area (Å²) in [6.07, 6.45) is 8.15. The van der Waals surface area contributed by atoms with Crippen molar-refractivity contribution < 1.29 is 4.79 Å². The van der Waals surface area contributed by atoms with Crippen LogP contribution in [0.2, 0.25) is 0 Å². The van der Waals surface area contributed by atoms with Gasteiger partial charge in [0.2, 0.25) is 0 Å². The Balaban J connectivity index is 1.60. The van der Waals surface area contributed by atoms with E-state index in [1.54, 1.807) is 0 Å². The molecule has 0 aromatic rings. The molecule has 0 bridgehead atoms. The SMILES string of the molecule is NC1CCCC(CNC(=O)NC2CCC2)C1. The minimum absolute atomic E-state index is 0.00356. The number of nitrogens with two attached hydrogens (primary N) is 1. The lowest BCUT2D eigenvalue weighted by molar-refractivity contribution is 0.223. The summed E-state index contributed by atoms with van der Waals surface area (Å²) >= 11 is 0. The molecule has 4 N–H and O–H groups in total. The molecule has 92 valence electrons. The highest BCUT2D eigenvalue weighted by Crippen LogP contribution is 2.22. The maximum absolute atomic E-state index is 11.5. The van der Waals surface area contributed by atoms with Gasteiger partial charge in [0.15, 0.2) is 0 Å². The van der Waals surface area contributed by atoms with Gasteiger partial charge in [0, 0.05) is 18.6 Å². The van der Waals surface area contributed by atoms with Crippen LogP contribution in [0.3, 0.4) is 0 Å². The topological polar surface area (TPSA) is 67.1 Å². The van der Waals surface area contributed by atoms with Crippen LogP contribution in [-0.2, 0) is 0 Å². The van der Waals surface area contributed by atoms with Crippen LogP contribution in [0.4, 0.5) is 4.79 Å². The second-order valence-electron chi connectivity index (χ2n) is 5.27. The fourth-order valence-electron chi connectivity index (χ4n) is 2.54. The van der Waals surface area contributed by atoms with Gasteiger partial charge in [0.1, 0.15) is 0 Å². The van der Waals surface area contributed by atoms with Gasteiger partial charge in [0.05, 0.1) is 0 Å². The Morgan fingerprint density at radius 3 is 2.56 bits per heavy atom. The number of hydrogen-bond acceptors (Lipinski definition) is 2. The van der Waals surface area contributed by atoms with Gasteiger partial charge < -0.3 is 16.4 Å². The molecule has 2 aliphatic carbocycles. The van der Waals surface area contributed by atoms with E-state index in [1.165, 1.54) is 19.3 Å². The first-order valence-corrected chi connectivity index (χ1v) is 6.54. The largest absolute Gasteiger partial charge is 0.338 e. The van der Waals surface area contributed by atoms with E-state index in [2.05, 4.69) is 10.6 Å². The molecule has 4 heteroatoms. The van der Waals surface area contributed by atoms with Crippen LogP contribution >= 0.6 is 0 Å². The molecular formula is C12H23N3O. The van der Waals surface area contributed by atoms with Crippen LogP contribution in [0.1, 0.15) is 44.9 Å². The number of carbonyl (C=O) groups excluding carboxylic acids is 1. The van der Waals surface area contributed by atoms with Gasteiger partial charge in [-0.05, 0) is 44.4 Å². The Morgan fingerprint density at radius 1 is 1.19 bits per heavy atom. The summed E-state index contributed by atoms with van der Waals surface area (Å²) in [6, 6.07) is 0.771. The van der Waals surface area contributed by atoms with Crippen molar-refractivity contribution in [2.24, 2.45) is 11.7 Å². The molecule has 2 saturated carbocycles. The lowest BCUT2D eigenvalue weighted by Gasteiger charge is -2.29. The van der Waals surface area contributed by atoms with Crippen molar-refractivity contribution in [3.63, 3.8) is 0 Å². The van der Waals surface area contributed by atoms with Gasteiger partial charge in [-0.25, -0.2) is 4.79 Å². The molecule has 2 rings (SSSR count). The molecule has 0 saturated heterocycles. The Hall–Kier alpha value is -0.770. The summed E-state index contributed by atoms with van der Waals surface area (Å²) in [6.45, 7) is 0.784. The average Bonchev–Trinajstić information content (AvgIpc) is 2.21. The second-order valence-corrected chi connectivity index (χ2v) is 5.27. The summed E-state index contributed by atoms with van der Waals surface area (Å²) in [5.74, 6) is 0.580. The van der Waals surface area contributed by atoms with Gasteiger partial charge in [0.25, 0.3) is 0 Å². The first-order valence-electron chi connectivity index (χ1n) is 6.54. The highest BCUT2D eigenvalue weighted by atomic mass is 16.2. The summed E-state index contributed by atoms with van der Waals surface area (Å²) in [4.78, 5) is 11.5. The van der Waals surface area contributed by atoms with Gasteiger partial charge in [-0.3, -0.25) is 0 Å². The molecule has 0 aromatic carbocycles. The predicted octanol–water partition coefficient (Wildman–Crippen LogP) is 1.36. The molecule has 4 nitrogen and oxygen atoms in total. The molecule has 0 heterocycles. The molecule has 2 amide bonds. The maximum atomic E-state index is 11.5. The lowest BCUT2D eigenvalue weighted by Crippen LogP contribution is -2.46. The van der Waals surface area contributed by atoms with Gasteiger partial charge in [-0.2, -0.15) is 0 Å². The van der Waals surface area contributed by atoms with Crippen LogP contribution in [0, 0.1) is 5.92 Å². The average molecular weight is 225 g/mol. The van der Waals surface area contributed by atoms with E-state index in [9.17, 15) is 4.79 Å². The lowest BCUT2D eigenvalue weighted by atomic mass is 9.86. The van der Waals surface area contributed by atoms with Crippen LogP contribution in [-0.4, -0.2) is 24.7 Å². The molecule has 0 aliphatic heterocycles. The van der Waals surface area contributed by atoms with E-state index < -0.39 is 0 Å². The fourth-order valence-corrected chi connectivity index (χ4v) is 2.54. The van der Waals surface area contributed by atoms with Crippen molar-refractivity contribution >= 4 is 6.03 Å². The molecule has 16 heavy (non-hydrogen) atoms. The number of urea groups is 1. The normalized spacial score (nSPS) is 30.6. The Labute approximate surface area is 97.3 Å². The summed E-state index contributed by atoms with van der Waals surface area (Å²) in [7, 11) is 0. The zero-order valence-corrected chi connectivity index (χ0v) is 9.87. The molecule has 2 unspecified atom stereocenters. The number of rotatable bonds is 3. The van der Waals surface area contributed by atoms with E-state index in [1.807, 2.05) is 0 Å². The second kappa shape index (κ2) is 5.53. The molecule has 0 spiro atoms. The molecule has 0 radical (unpaired) electrons. The van der Waals surface area contributed by atoms with E-state index >= 15 is 0 Å². The molecule has 2 fully saturated rings. The number of amides is 2. The quantitative estimate of drug-likeness (QED) is 0.679. The minimum Gasteiger partial charge on any atom is -0.338 e. The summed E-state index contributed by atoms with van der Waals surface area (Å²) in [5, 5.41) is 5.95. The minimum atomic E-state index is 0.00356. The predicted molar refractivity (Wildman–Crippen MR) is 64.1 cm³/mol. The number of nitrogens with one attached hydrogen (secondary N) is 2. The number of carbonyl (C=O) groups is 1. The maximum Gasteiger partial charge on any atom is 0.315 e. The molecule has 2 aliphatic rings. The number of hydrogen-bond donors (Lipinski definition) is 3. The van der Waals surface area contributed by atoms with Crippen molar-refractivity contribution in [3.8, 4) is 0 Å². The van der Waals surface area contributed by atoms with Gasteiger partial charge in [-0.1, -0.05) is 6.42 Å². The standard InChI is InChI=1S/C12H23N3O/c13-10-4-1-3-9(7-10)8-14-12(16)15-11-5-2-6-11/h9-11H,1-8,13H2,(H2,14,15,16). The van der Waals surface area contributed by atoms with Gasteiger partial charge >= 0.3 is 6.03 Å². The third-order valence-electron chi connectivity index (χ3n) is 3.82. The zero-order chi connectivity index (χ0) is 11.4. The molecule has 2 atom stereocenters. The van der Waals surface area contributed by atoms with Gasteiger partial charge in [-0.15, -0.1) is 0 Å². The first-order chi connectivity index (χ1) is 7.74. The first kappa shape index (κ1) is 11.7. The van der Waals surface area contributed by atoms with Crippen LogP contribution in [0.5, 0.6) is 0 Å². The zero-order valence-electron chi connectivity index (χ0n) is 9.87. The van der Waals surface area contributed by atoms with Crippen molar-refractivity contribution in [2.45, 2.75) is 57.0 Å². The third-order valence-corrected chi connectivity index (χ3v) is 3.82. The van der Waals surface area contributed by atoms with Crippen molar-refractivity contribution in [2.75, 3.05) is 6.54 Å². The summed E-state index contributed by atoms with van der Waals surface area (Å²) in [5.41, 5.74) is 5.91. The highest BCUT2D eigenvalue weighted by Gasteiger charge is 2.21. The van der Waals surface area contributed by atoms with Crippen molar-refractivity contribution in [3.05, 3.63) is 0 Å². The smallest absolute Gasteiger partial charge is 0.315 e. The van der Waals surface area contributed by atoms with Crippen LogP contribution < -0.4 is 16.4 Å². The monoisotopic (exact) mass is 225 g/mol. The Kier molecular flexibility index (Phi) is 4.04. The Bertz CT molecular complexity index is 240. The van der Waals surface area contributed by atoms with E-state index in [0.29, 0.717) is 18.0 Å². The highest BCUT2D eigenvalue weighted by molar-refractivity contribution is 5.74. The molecular weight excluding hydrogens is 202 g/mol. The van der Waals surface area contributed by atoms with E-state index in [4.69, 9.17) is 5.73 Å². The fraction of sp³-hybridized carbons (Fsp3) is 0.917. The summed E-state index contributed by atoms with van der Waals surface area (Å²) < 4.78 is 0.